The number of imidazole rings is 1. The number of pyridine rings is 1. The molecule has 28 heavy (non-hydrogen) atoms. The molecule has 8 heteroatoms. The lowest BCUT2D eigenvalue weighted by atomic mass is 9.90. The van der Waals surface area contributed by atoms with E-state index in [1.165, 1.54) is 0 Å². The average molecular weight is 401 g/mol. The molecule has 2 saturated heterocycles. The fourth-order valence-corrected chi connectivity index (χ4v) is 4.21. The molecular formula is C20H25ClN6O. The number of nitrogens with one attached hydrogen (secondary N) is 1. The topological polar surface area (TPSA) is 67.6 Å². The number of aryl methyl sites for hydroxylation is 1. The lowest BCUT2D eigenvalue weighted by molar-refractivity contribution is -0.0800. The Labute approximate surface area is 170 Å². The summed E-state index contributed by atoms with van der Waals surface area (Å²) < 4.78 is 8.07. The summed E-state index contributed by atoms with van der Waals surface area (Å²) >= 11 is 0. The van der Waals surface area contributed by atoms with Crippen LogP contribution in [-0.4, -0.2) is 58.0 Å². The second-order valence-electron chi connectivity index (χ2n) is 7.44. The van der Waals surface area contributed by atoms with Crippen molar-refractivity contribution in [3.05, 3.63) is 42.4 Å². The van der Waals surface area contributed by atoms with Crippen LogP contribution < -0.4 is 10.2 Å². The summed E-state index contributed by atoms with van der Waals surface area (Å²) in [4.78, 5) is 11.2. The molecule has 5 heterocycles. The van der Waals surface area contributed by atoms with Gasteiger partial charge in [-0.15, -0.1) is 17.5 Å². The van der Waals surface area contributed by atoms with E-state index < -0.39 is 0 Å². The van der Waals surface area contributed by atoms with Crippen LogP contribution >= 0.6 is 12.4 Å². The first-order chi connectivity index (χ1) is 13.2. The van der Waals surface area contributed by atoms with Crippen molar-refractivity contribution in [1.82, 2.24) is 24.9 Å². The molecule has 5 rings (SSSR count). The zero-order chi connectivity index (χ0) is 18.3. The molecule has 7 nitrogen and oxygen atoms in total. The molecular weight excluding hydrogens is 376 g/mol. The second-order valence-corrected chi connectivity index (χ2v) is 7.44. The van der Waals surface area contributed by atoms with E-state index in [0.29, 0.717) is 0 Å². The molecule has 1 spiro atoms. The standard InChI is InChI=1S/C20H24N6O.ClH/c1-15-19(16-4-8-21-9-5-16)26-17(23-15)2-3-18(24-26)25-11-6-20(7-12-25)14-22-10-13-27-20;/h2-5,8-9,22H,6-7,10-14H2,1H3;1H. The number of piperidine rings is 1. The smallest absolute Gasteiger partial charge is 0.154 e. The number of nitrogens with zero attached hydrogens (tertiary/aromatic N) is 5. The van der Waals surface area contributed by atoms with Crippen molar-refractivity contribution in [3.63, 3.8) is 0 Å². The van der Waals surface area contributed by atoms with E-state index in [4.69, 9.17) is 9.84 Å². The van der Waals surface area contributed by atoms with Gasteiger partial charge in [0.05, 0.1) is 23.6 Å². The maximum absolute atomic E-state index is 6.11. The number of anilines is 1. The number of morpholine rings is 1. The molecule has 148 valence electrons. The van der Waals surface area contributed by atoms with Gasteiger partial charge in [-0.3, -0.25) is 4.98 Å². The van der Waals surface area contributed by atoms with Crippen LogP contribution in [0.2, 0.25) is 0 Å². The van der Waals surface area contributed by atoms with Crippen molar-refractivity contribution in [3.8, 4) is 11.3 Å². The van der Waals surface area contributed by atoms with Gasteiger partial charge in [0.1, 0.15) is 5.82 Å². The van der Waals surface area contributed by atoms with Crippen molar-refractivity contribution >= 4 is 23.9 Å². The number of hydrogen-bond acceptors (Lipinski definition) is 6. The van der Waals surface area contributed by atoms with Gasteiger partial charge in [0, 0.05) is 44.1 Å². The van der Waals surface area contributed by atoms with Gasteiger partial charge in [-0.05, 0) is 44.0 Å². The predicted molar refractivity (Wildman–Crippen MR) is 111 cm³/mol. The monoisotopic (exact) mass is 400 g/mol. The summed E-state index contributed by atoms with van der Waals surface area (Å²) in [6, 6.07) is 8.14. The zero-order valence-electron chi connectivity index (χ0n) is 16.0. The molecule has 2 fully saturated rings. The maximum atomic E-state index is 6.11. The van der Waals surface area contributed by atoms with Crippen molar-refractivity contribution in [2.45, 2.75) is 25.4 Å². The van der Waals surface area contributed by atoms with Crippen LogP contribution in [0, 0.1) is 6.92 Å². The first-order valence-corrected chi connectivity index (χ1v) is 9.61. The van der Waals surface area contributed by atoms with E-state index in [0.717, 1.165) is 74.0 Å². The van der Waals surface area contributed by atoms with Gasteiger partial charge in [0.15, 0.2) is 5.65 Å². The summed E-state index contributed by atoms with van der Waals surface area (Å²) in [5, 5.41) is 8.41. The minimum absolute atomic E-state index is 0. The number of halogens is 1. The quantitative estimate of drug-likeness (QED) is 0.712. The van der Waals surface area contributed by atoms with Gasteiger partial charge in [-0.25, -0.2) is 9.50 Å². The summed E-state index contributed by atoms with van der Waals surface area (Å²) in [6.45, 7) is 6.68. The van der Waals surface area contributed by atoms with Gasteiger partial charge >= 0.3 is 0 Å². The van der Waals surface area contributed by atoms with Gasteiger partial charge in [0.2, 0.25) is 0 Å². The highest BCUT2D eigenvalue weighted by atomic mass is 35.5. The third-order valence-electron chi connectivity index (χ3n) is 5.72. The summed E-state index contributed by atoms with van der Waals surface area (Å²) in [5.74, 6) is 0.994. The number of hydrogen-bond donors (Lipinski definition) is 1. The highest BCUT2D eigenvalue weighted by Gasteiger charge is 2.37. The summed E-state index contributed by atoms with van der Waals surface area (Å²) in [6.07, 6.45) is 5.67. The molecule has 0 atom stereocenters. The highest BCUT2D eigenvalue weighted by Crippen LogP contribution is 2.30. The van der Waals surface area contributed by atoms with Crippen LogP contribution in [0.5, 0.6) is 0 Å². The van der Waals surface area contributed by atoms with Gasteiger partial charge < -0.3 is 15.0 Å². The molecule has 0 bridgehead atoms. The maximum Gasteiger partial charge on any atom is 0.154 e. The second kappa shape index (κ2) is 7.66. The van der Waals surface area contributed by atoms with Gasteiger partial charge in [0.25, 0.3) is 0 Å². The molecule has 0 aliphatic carbocycles. The molecule has 0 radical (unpaired) electrons. The molecule has 0 amide bonds. The molecule has 0 saturated carbocycles. The van der Waals surface area contributed by atoms with E-state index in [1.54, 1.807) is 12.4 Å². The van der Waals surface area contributed by atoms with Gasteiger partial charge in [-0.1, -0.05) is 0 Å². The van der Waals surface area contributed by atoms with E-state index >= 15 is 0 Å². The van der Waals surface area contributed by atoms with Crippen molar-refractivity contribution in [1.29, 1.82) is 0 Å². The normalized spacial score (nSPS) is 19.0. The molecule has 3 aromatic heterocycles. The number of fused-ring (bicyclic) bond motifs is 1. The van der Waals surface area contributed by atoms with Gasteiger partial charge in [-0.2, -0.15) is 0 Å². The SMILES string of the molecule is Cc1nc2ccc(N3CCC4(CC3)CNCCO4)nn2c1-c1ccncc1.Cl. The summed E-state index contributed by atoms with van der Waals surface area (Å²) in [5.41, 5.74) is 3.97. The van der Waals surface area contributed by atoms with E-state index in [1.807, 2.05) is 23.6 Å². The third-order valence-corrected chi connectivity index (χ3v) is 5.72. The van der Waals surface area contributed by atoms with Crippen LogP contribution in [0.4, 0.5) is 5.82 Å². The number of ether oxygens (including phenoxy) is 1. The van der Waals surface area contributed by atoms with E-state index in [2.05, 4.69) is 32.3 Å². The minimum Gasteiger partial charge on any atom is -0.372 e. The Bertz CT molecular complexity index is 944. The molecule has 2 aliphatic heterocycles. The Morgan fingerprint density at radius 1 is 1.11 bits per heavy atom. The fraction of sp³-hybridized carbons (Fsp3) is 0.450. The fourth-order valence-electron chi connectivity index (χ4n) is 4.21. The first kappa shape index (κ1) is 19.1. The van der Waals surface area contributed by atoms with Crippen molar-refractivity contribution in [2.24, 2.45) is 0 Å². The van der Waals surface area contributed by atoms with Crippen LogP contribution in [0.3, 0.4) is 0 Å². The third kappa shape index (κ3) is 3.34. The molecule has 3 aromatic rings. The van der Waals surface area contributed by atoms with Crippen LogP contribution in [0.1, 0.15) is 18.5 Å². The van der Waals surface area contributed by atoms with Crippen molar-refractivity contribution in [2.75, 3.05) is 37.7 Å². The Hall–Kier alpha value is -2.22. The Morgan fingerprint density at radius 3 is 2.61 bits per heavy atom. The lowest BCUT2D eigenvalue weighted by Gasteiger charge is -2.44. The first-order valence-electron chi connectivity index (χ1n) is 9.61. The van der Waals surface area contributed by atoms with Crippen LogP contribution in [-0.2, 0) is 4.74 Å². The molecule has 2 aliphatic rings. The summed E-state index contributed by atoms with van der Waals surface area (Å²) in [7, 11) is 0. The van der Waals surface area contributed by atoms with E-state index in [-0.39, 0.29) is 18.0 Å². The largest absolute Gasteiger partial charge is 0.372 e. The van der Waals surface area contributed by atoms with Crippen LogP contribution in [0.15, 0.2) is 36.7 Å². The molecule has 0 unspecified atom stereocenters. The molecule has 1 N–H and O–H groups in total. The number of rotatable bonds is 2. The minimum atomic E-state index is 0. The molecule has 0 aromatic carbocycles. The van der Waals surface area contributed by atoms with Crippen LogP contribution in [0.25, 0.3) is 16.9 Å². The lowest BCUT2D eigenvalue weighted by Crippen LogP contribution is -2.55. The van der Waals surface area contributed by atoms with Crippen molar-refractivity contribution < 1.29 is 4.74 Å². The Morgan fingerprint density at radius 2 is 1.89 bits per heavy atom. The average Bonchev–Trinajstić information content (AvgIpc) is 3.05. The zero-order valence-corrected chi connectivity index (χ0v) is 16.8. The number of aromatic nitrogens is 4. The van der Waals surface area contributed by atoms with E-state index in [9.17, 15) is 0 Å². The highest BCUT2D eigenvalue weighted by molar-refractivity contribution is 5.85. The predicted octanol–water partition coefficient (Wildman–Crippen LogP) is 2.48. The Balaban J connectivity index is 0.00000192. The Kier molecular flexibility index (Phi) is 5.23.